The maximum Gasteiger partial charge on any atom is 0.142 e. The number of hydrogen-bond donors (Lipinski definition) is 0. The lowest BCUT2D eigenvalue weighted by molar-refractivity contribution is 0.646. The Morgan fingerprint density at radius 3 is 1.71 bits per heavy atom. The summed E-state index contributed by atoms with van der Waals surface area (Å²) in [5, 5.41) is 0. The summed E-state index contributed by atoms with van der Waals surface area (Å²) in [6.07, 6.45) is 1.46. The molecule has 1 aliphatic heterocycles. The van der Waals surface area contributed by atoms with Gasteiger partial charge in [0.05, 0.1) is 0 Å². The molecule has 1 heteroatoms. The van der Waals surface area contributed by atoms with Crippen molar-refractivity contribution in [3.63, 3.8) is 0 Å². The second kappa shape index (κ2) is 1.54. The number of hydrogen-bond acceptors (Lipinski definition) is 0. The normalized spacial score (nSPS) is 40.7. The molecule has 1 saturated heterocycles. The Labute approximate surface area is 46.4 Å². The molecule has 0 nitrogen and oxygen atoms in total. The molecule has 40 valence electrons. The van der Waals surface area contributed by atoms with Crippen molar-refractivity contribution < 1.29 is 0 Å². The van der Waals surface area contributed by atoms with E-state index in [4.69, 9.17) is 0 Å². The topological polar surface area (TPSA) is 0 Å². The summed E-state index contributed by atoms with van der Waals surface area (Å²) in [4.78, 5) is 0. The maximum absolute atomic E-state index is 2.35. The molecule has 1 fully saturated rings. The van der Waals surface area contributed by atoms with Crippen molar-refractivity contribution >= 4 is 6.71 Å². The van der Waals surface area contributed by atoms with Crippen LogP contribution in [0, 0.1) is 0 Å². The van der Waals surface area contributed by atoms with E-state index in [0.29, 0.717) is 0 Å². The second-order valence-electron chi connectivity index (χ2n) is 3.05. The van der Waals surface area contributed by atoms with Gasteiger partial charge in [-0.2, -0.15) is 0 Å². The standard InChI is InChI=1S/C6H13B/c1-5-4-6(2)7(5)3/h5-6H,4H2,1-3H3. The van der Waals surface area contributed by atoms with Gasteiger partial charge in [0.2, 0.25) is 0 Å². The highest BCUT2D eigenvalue weighted by atomic mass is 14.1. The first kappa shape index (κ1) is 5.21. The fraction of sp³-hybridized carbons (Fsp3) is 1.00. The molecule has 7 heavy (non-hydrogen) atoms. The summed E-state index contributed by atoms with van der Waals surface area (Å²) < 4.78 is 0. The van der Waals surface area contributed by atoms with Crippen LogP contribution in [-0.2, 0) is 0 Å². The summed E-state index contributed by atoms with van der Waals surface area (Å²) in [6.45, 7) is 8.02. The third-order valence-electron chi connectivity index (χ3n) is 2.54. The summed E-state index contributed by atoms with van der Waals surface area (Å²) in [5.74, 6) is 2.02. The summed E-state index contributed by atoms with van der Waals surface area (Å²) in [5.41, 5.74) is 0. The van der Waals surface area contributed by atoms with Crippen molar-refractivity contribution in [3.8, 4) is 0 Å². The first-order valence-corrected chi connectivity index (χ1v) is 3.22. The van der Waals surface area contributed by atoms with Gasteiger partial charge >= 0.3 is 0 Å². The molecule has 0 saturated carbocycles. The first-order chi connectivity index (χ1) is 3.22. The zero-order chi connectivity index (χ0) is 5.44. The van der Waals surface area contributed by atoms with Gasteiger partial charge in [-0.1, -0.05) is 38.7 Å². The van der Waals surface area contributed by atoms with Gasteiger partial charge in [-0.3, -0.25) is 0 Å². The fourth-order valence-electron chi connectivity index (χ4n) is 1.38. The minimum atomic E-state index is 1.000. The van der Waals surface area contributed by atoms with Crippen molar-refractivity contribution in [1.82, 2.24) is 0 Å². The van der Waals surface area contributed by atoms with Crippen LogP contribution in [0.4, 0.5) is 0 Å². The summed E-state index contributed by atoms with van der Waals surface area (Å²) in [7, 11) is 0. The van der Waals surface area contributed by atoms with Crippen molar-refractivity contribution in [3.05, 3.63) is 0 Å². The van der Waals surface area contributed by atoms with Crippen LogP contribution >= 0.6 is 0 Å². The molecule has 2 unspecified atom stereocenters. The third kappa shape index (κ3) is 0.688. The molecule has 0 amide bonds. The van der Waals surface area contributed by atoms with Gasteiger partial charge < -0.3 is 0 Å². The lowest BCUT2D eigenvalue weighted by atomic mass is 9.25. The summed E-state index contributed by atoms with van der Waals surface area (Å²) >= 11 is 0. The Morgan fingerprint density at radius 1 is 1.29 bits per heavy atom. The molecular weight excluding hydrogens is 82.9 g/mol. The highest BCUT2D eigenvalue weighted by molar-refractivity contribution is 6.63. The van der Waals surface area contributed by atoms with E-state index in [1.165, 1.54) is 6.42 Å². The van der Waals surface area contributed by atoms with Gasteiger partial charge in [-0.15, -0.1) is 0 Å². The van der Waals surface area contributed by atoms with Crippen LogP contribution in [0.1, 0.15) is 20.3 Å². The molecular formula is C6H13B. The van der Waals surface area contributed by atoms with Crippen LogP contribution < -0.4 is 0 Å². The highest BCUT2D eigenvalue weighted by Gasteiger charge is 2.33. The molecule has 0 bridgehead atoms. The SMILES string of the molecule is CB1C(C)CC1C. The average Bonchev–Trinajstić information content (AvgIpc) is 1.68. The summed E-state index contributed by atoms with van der Waals surface area (Å²) in [6, 6.07) is 0. The molecule has 0 aromatic carbocycles. The van der Waals surface area contributed by atoms with Gasteiger partial charge in [0.1, 0.15) is 6.71 Å². The molecule has 0 N–H and O–H groups in total. The van der Waals surface area contributed by atoms with Crippen molar-refractivity contribution in [1.29, 1.82) is 0 Å². The minimum absolute atomic E-state index is 1.000. The predicted octanol–water partition coefficient (Wildman–Crippen LogP) is 2.29. The van der Waals surface area contributed by atoms with Gasteiger partial charge in [0, 0.05) is 0 Å². The highest BCUT2D eigenvalue weighted by Crippen LogP contribution is 2.41. The van der Waals surface area contributed by atoms with Crippen molar-refractivity contribution in [2.45, 2.75) is 38.7 Å². The first-order valence-electron chi connectivity index (χ1n) is 3.22. The maximum atomic E-state index is 2.35. The molecule has 0 radical (unpaired) electrons. The lowest BCUT2D eigenvalue weighted by Crippen LogP contribution is -2.31. The van der Waals surface area contributed by atoms with E-state index in [0.717, 1.165) is 18.3 Å². The monoisotopic (exact) mass is 96.1 g/mol. The quantitative estimate of drug-likeness (QED) is 0.406. The lowest BCUT2D eigenvalue weighted by Gasteiger charge is -2.35. The van der Waals surface area contributed by atoms with E-state index in [1.54, 1.807) is 0 Å². The Kier molecular flexibility index (Phi) is 1.14. The molecule has 1 rings (SSSR count). The van der Waals surface area contributed by atoms with Gasteiger partial charge in [0.15, 0.2) is 0 Å². The molecule has 1 heterocycles. The Balaban J connectivity index is 2.29. The van der Waals surface area contributed by atoms with Gasteiger partial charge in [-0.25, -0.2) is 0 Å². The molecule has 0 spiro atoms. The Bertz CT molecular complexity index is 62.6. The van der Waals surface area contributed by atoms with Crippen molar-refractivity contribution in [2.75, 3.05) is 0 Å². The van der Waals surface area contributed by atoms with Crippen LogP contribution in [0.3, 0.4) is 0 Å². The van der Waals surface area contributed by atoms with Crippen molar-refractivity contribution in [2.24, 2.45) is 0 Å². The Morgan fingerprint density at radius 2 is 1.71 bits per heavy atom. The van der Waals surface area contributed by atoms with E-state index in [-0.39, 0.29) is 0 Å². The largest absolute Gasteiger partial charge is 0.142 e. The van der Waals surface area contributed by atoms with Crippen LogP contribution in [0.2, 0.25) is 18.5 Å². The van der Waals surface area contributed by atoms with E-state index >= 15 is 0 Å². The van der Waals surface area contributed by atoms with Crippen LogP contribution in [0.25, 0.3) is 0 Å². The minimum Gasteiger partial charge on any atom is -0.0857 e. The van der Waals surface area contributed by atoms with Crippen LogP contribution in [0.15, 0.2) is 0 Å². The molecule has 0 aromatic rings. The molecule has 1 aliphatic rings. The molecule has 0 aromatic heterocycles. The van der Waals surface area contributed by atoms with Gasteiger partial charge in [0.25, 0.3) is 0 Å². The van der Waals surface area contributed by atoms with E-state index < -0.39 is 0 Å². The van der Waals surface area contributed by atoms with Gasteiger partial charge in [-0.05, 0) is 0 Å². The van der Waals surface area contributed by atoms with E-state index in [1.807, 2.05) is 0 Å². The van der Waals surface area contributed by atoms with E-state index in [2.05, 4.69) is 20.7 Å². The van der Waals surface area contributed by atoms with E-state index in [9.17, 15) is 0 Å². The predicted molar refractivity (Wildman–Crippen MR) is 35.1 cm³/mol. The average molecular weight is 96.0 g/mol. The fourth-order valence-corrected chi connectivity index (χ4v) is 1.38. The zero-order valence-corrected chi connectivity index (χ0v) is 5.44. The van der Waals surface area contributed by atoms with Crippen LogP contribution in [0.5, 0.6) is 0 Å². The second-order valence-corrected chi connectivity index (χ2v) is 3.05. The molecule has 2 atom stereocenters. The Hall–Kier alpha value is 0.0649. The third-order valence-corrected chi connectivity index (χ3v) is 2.54. The smallest absolute Gasteiger partial charge is 0.0857 e. The number of rotatable bonds is 0. The van der Waals surface area contributed by atoms with Crippen LogP contribution in [-0.4, -0.2) is 6.71 Å². The zero-order valence-electron chi connectivity index (χ0n) is 5.44. The molecule has 0 aliphatic carbocycles.